The van der Waals surface area contributed by atoms with Crippen molar-refractivity contribution in [3.63, 3.8) is 0 Å². The number of hydrogen-bond donors (Lipinski definition) is 1. The van der Waals surface area contributed by atoms with Crippen molar-refractivity contribution >= 4 is 5.91 Å². The van der Waals surface area contributed by atoms with E-state index in [1.807, 2.05) is 11.8 Å². The van der Waals surface area contributed by atoms with E-state index in [-0.39, 0.29) is 23.7 Å². The van der Waals surface area contributed by atoms with Crippen LogP contribution in [0.5, 0.6) is 0 Å². The van der Waals surface area contributed by atoms with Crippen LogP contribution in [-0.2, 0) is 9.53 Å². The van der Waals surface area contributed by atoms with E-state index < -0.39 is 0 Å². The molecule has 1 aliphatic heterocycles. The van der Waals surface area contributed by atoms with Crippen LogP contribution in [-0.4, -0.2) is 35.6 Å². The van der Waals surface area contributed by atoms with Gasteiger partial charge in [-0.15, -0.1) is 0 Å². The van der Waals surface area contributed by atoms with Gasteiger partial charge in [0.1, 0.15) is 11.7 Å². The van der Waals surface area contributed by atoms with E-state index in [9.17, 15) is 4.79 Å². The highest BCUT2D eigenvalue weighted by Crippen LogP contribution is 2.46. The summed E-state index contributed by atoms with van der Waals surface area (Å²) in [7, 11) is 0. The lowest BCUT2D eigenvalue weighted by Crippen LogP contribution is -2.41. The second-order valence-electron chi connectivity index (χ2n) is 6.26. The van der Waals surface area contributed by atoms with E-state index in [1.54, 1.807) is 0 Å². The Morgan fingerprint density at radius 2 is 2.24 bits per heavy atom. The summed E-state index contributed by atoms with van der Waals surface area (Å²) in [5.41, 5.74) is 2.08. The van der Waals surface area contributed by atoms with Gasteiger partial charge in [-0.2, -0.15) is 0 Å². The summed E-state index contributed by atoms with van der Waals surface area (Å²) < 4.78 is 5.53. The third-order valence-corrected chi connectivity index (χ3v) is 4.48. The van der Waals surface area contributed by atoms with Crippen molar-refractivity contribution in [3.8, 4) is 0 Å². The van der Waals surface area contributed by atoms with Gasteiger partial charge < -0.3 is 9.64 Å². The fourth-order valence-electron chi connectivity index (χ4n) is 3.15. The Balaban J connectivity index is 1.88. The molecule has 0 radical (unpaired) electrons. The first-order chi connectivity index (χ1) is 10.1. The molecule has 21 heavy (non-hydrogen) atoms. The lowest BCUT2D eigenvalue weighted by molar-refractivity contribution is -0.134. The van der Waals surface area contributed by atoms with E-state index in [4.69, 9.17) is 4.74 Å². The number of carbonyl (C=O) groups is 1. The summed E-state index contributed by atoms with van der Waals surface area (Å²) in [6.45, 7) is 7.40. The molecule has 1 aromatic carbocycles. The van der Waals surface area contributed by atoms with Crippen molar-refractivity contribution in [2.75, 3.05) is 13.2 Å². The summed E-state index contributed by atoms with van der Waals surface area (Å²) in [5, 5.41) is 3.56. The number of amides is 1. The fourth-order valence-corrected chi connectivity index (χ4v) is 3.15. The van der Waals surface area contributed by atoms with Crippen LogP contribution in [0.4, 0.5) is 0 Å². The smallest absolute Gasteiger partial charge is 0.244 e. The maximum absolute atomic E-state index is 12.8. The number of hydrogen-bond acceptors (Lipinski definition) is 3. The molecule has 2 fully saturated rings. The lowest BCUT2D eigenvalue weighted by Gasteiger charge is -2.30. The quantitative estimate of drug-likeness (QED) is 0.904. The molecule has 0 aromatic heterocycles. The van der Waals surface area contributed by atoms with Gasteiger partial charge >= 0.3 is 0 Å². The SMILES string of the molecule is CCOCC(C)N1C(=O)C2(CC2)NC1c1cccc(C)c1. The van der Waals surface area contributed by atoms with Gasteiger partial charge in [-0.1, -0.05) is 29.8 Å². The first-order valence-electron chi connectivity index (χ1n) is 7.82. The standard InChI is InChI=1S/C17H24N2O2/c1-4-21-11-13(3)19-15(14-7-5-6-12(2)10-14)18-17(8-9-17)16(19)20/h5-7,10,13,15,18H,4,8-9,11H2,1-3H3. The van der Waals surface area contributed by atoms with Gasteiger partial charge in [-0.25, -0.2) is 0 Å². The molecule has 2 atom stereocenters. The van der Waals surface area contributed by atoms with Crippen molar-refractivity contribution in [1.82, 2.24) is 10.2 Å². The number of carbonyl (C=O) groups excluding carboxylic acids is 1. The highest BCUT2D eigenvalue weighted by atomic mass is 16.5. The van der Waals surface area contributed by atoms with Gasteiger partial charge in [0.15, 0.2) is 0 Å². The van der Waals surface area contributed by atoms with E-state index in [2.05, 4.69) is 43.4 Å². The van der Waals surface area contributed by atoms with Crippen LogP contribution < -0.4 is 5.32 Å². The third kappa shape index (κ3) is 2.58. The third-order valence-electron chi connectivity index (χ3n) is 4.48. The Bertz CT molecular complexity index is 539. The Hall–Kier alpha value is -1.39. The molecule has 1 saturated heterocycles. The summed E-state index contributed by atoms with van der Waals surface area (Å²) in [6.07, 6.45) is 1.87. The summed E-state index contributed by atoms with van der Waals surface area (Å²) >= 11 is 0. The van der Waals surface area contributed by atoms with Crippen molar-refractivity contribution in [2.24, 2.45) is 0 Å². The Morgan fingerprint density at radius 3 is 2.86 bits per heavy atom. The molecular weight excluding hydrogens is 264 g/mol. The maximum atomic E-state index is 12.8. The largest absolute Gasteiger partial charge is 0.380 e. The fraction of sp³-hybridized carbons (Fsp3) is 0.588. The minimum absolute atomic E-state index is 0.0321. The molecule has 4 heteroatoms. The van der Waals surface area contributed by atoms with E-state index in [1.165, 1.54) is 5.56 Å². The van der Waals surface area contributed by atoms with Gasteiger partial charge in [0.25, 0.3) is 0 Å². The predicted octanol–water partition coefficient (Wildman–Crippen LogP) is 2.38. The topological polar surface area (TPSA) is 41.6 Å². The molecule has 1 spiro atoms. The highest BCUT2D eigenvalue weighted by molar-refractivity contribution is 5.92. The Kier molecular flexibility index (Phi) is 3.76. The van der Waals surface area contributed by atoms with Crippen LogP contribution in [0.1, 0.15) is 44.0 Å². The van der Waals surface area contributed by atoms with Crippen LogP contribution in [0.25, 0.3) is 0 Å². The molecule has 2 unspecified atom stereocenters. The van der Waals surface area contributed by atoms with E-state index in [0.29, 0.717) is 13.2 Å². The monoisotopic (exact) mass is 288 g/mol. The van der Waals surface area contributed by atoms with Crippen molar-refractivity contribution in [2.45, 2.75) is 51.4 Å². The number of nitrogens with zero attached hydrogens (tertiary/aromatic N) is 1. The van der Waals surface area contributed by atoms with Crippen LogP contribution >= 0.6 is 0 Å². The Labute approximate surface area is 126 Å². The first-order valence-corrected chi connectivity index (χ1v) is 7.82. The highest BCUT2D eigenvalue weighted by Gasteiger charge is 2.60. The minimum atomic E-state index is -0.297. The van der Waals surface area contributed by atoms with Gasteiger partial charge in [0.2, 0.25) is 5.91 Å². The van der Waals surface area contributed by atoms with Gasteiger partial charge in [-0.3, -0.25) is 10.1 Å². The van der Waals surface area contributed by atoms with Gasteiger partial charge in [-0.05, 0) is 39.2 Å². The van der Waals surface area contributed by atoms with E-state index in [0.717, 1.165) is 18.4 Å². The number of ether oxygens (including phenoxy) is 1. The lowest BCUT2D eigenvalue weighted by atomic mass is 10.1. The first kappa shape index (κ1) is 14.5. The second-order valence-corrected chi connectivity index (χ2v) is 6.26. The Morgan fingerprint density at radius 1 is 1.48 bits per heavy atom. The van der Waals surface area contributed by atoms with Crippen LogP contribution in [0.15, 0.2) is 24.3 Å². The zero-order chi connectivity index (χ0) is 15.0. The molecule has 1 saturated carbocycles. The maximum Gasteiger partial charge on any atom is 0.244 e. The van der Waals surface area contributed by atoms with Gasteiger partial charge in [0.05, 0.1) is 12.6 Å². The minimum Gasteiger partial charge on any atom is -0.380 e. The average Bonchev–Trinajstić information content (AvgIpc) is 3.18. The molecule has 1 heterocycles. The van der Waals surface area contributed by atoms with E-state index >= 15 is 0 Å². The molecule has 1 aromatic rings. The molecule has 1 aliphatic carbocycles. The zero-order valence-electron chi connectivity index (χ0n) is 13.1. The van der Waals surface area contributed by atoms with Crippen LogP contribution in [0.3, 0.4) is 0 Å². The average molecular weight is 288 g/mol. The zero-order valence-corrected chi connectivity index (χ0v) is 13.1. The van der Waals surface area contributed by atoms with Crippen molar-refractivity contribution in [1.29, 1.82) is 0 Å². The number of rotatable bonds is 5. The summed E-state index contributed by atoms with van der Waals surface area (Å²) in [4.78, 5) is 14.8. The normalized spacial score (nSPS) is 24.6. The number of benzene rings is 1. The van der Waals surface area contributed by atoms with Crippen molar-refractivity contribution < 1.29 is 9.53 Å². The molecule has 4 nitrogen and oxygen atoms in total. The van der Waals surface area contributed by atoms with Crippen molar-refractivity contribution in [3.05, 3.63) is 35.4 Å². The van der Waals surface area contributed by atoms with Crippen LogP contribution in [0, 0.1) is 6.92 Å². The molecule has 114 valence electrons. The summed E-state index contributed by atoms with van der Waals surface area (Å²) in [6, 6.07) is 8.48. The molecular formula is C17H24N2O2. The second kappa shape index (κ2) is 5.43. The molecule has 2 aliphatic rings. The summed E-state index contributed by atoms with van der Waals surface area (Å²) in [5.74, 6) is 0.237. The molecule has 1 N–H and O–H groups in total. The van der Waals surface area contributed by atoms with Crippen LogP contribution in [0.2, 0.25) is 0 Å². The predicted molar refractivity (Wildman–Crippen MR) is 81.8 cm³/mol. The molecule has 1 amide bonds. The number of aryl methyl sites for hydroxylation is 1. The molecule has 3 rings (SSSR count). The number of nitrogens with one attached hydrogen (secondary N) is 1. The van der Waals surface area contributed by atoms with Gasteiger partial charge in [0, 0.05) is 6.61 Å². The molecule has 0 bridgehead atoms.